The van der Waals surface area contributed by atoms with Gasteiger partial charge < -0.3 is 9.47 Å². The van der Waals surface area contributed by atoms with Crippen molar-refractivity contribution in [1.29, 1.82) is 0 Å². The monoisotopic (exact) mass is 340 g/mol. The standard InChI is InChI=1S/C15H14BrClO2/c1-18-13-5-2-11(3-6-13)8-9-19-15-10-12(16)4-7-14(15)17/h2-7,10H,8-9H2,1H3. The third-order valence-corrected chi connectivity index (χ3v) is 3.51. The Morgan fingerprint density at radius 1 is 1.11 bits per heavy atom. The van der Waals surface area contributed by atoms with E-state index in [2.05, 4.69) is 15.9 Å². The maximum absolute atomic E-state index is 6.06. The lowest BCUT2D eigenvalue weighted by Crippen LogP contribution is -2.01. The Bertz CT molecular complexity index is 540. The van der Waals surface area contributed by atoms with E-state index in [0.29, 0.717) is 17.4 Å². The SMILES string of the molecule is COc1ccc(CCOc2cc(Br)ccc2Cl)cc1. The van der Waals surface area contributed by atoms with Crippen LogP contribution in [-0.4, -0.2) is 13.7 Å². The van der Waals surface area contributed by atoms with E-state index < -0.39 is 0 Å². The second-order valence-electron chi connectivity index (χ2n) is 4.02. The van der Waals surface area contributed by atoms with E-state index in [4.69, 9.17) is 21.1 Å². The van der Waals surface area contributed by atoms with Gasteiger partial charge in [0.1, 0.15) is 11.5 Å². The third kappa shape index (κ3) is 4.15. The largest absolute Gasteiger partial charge is 0.497 e. The molecule has 0 spiro atoms. The predicted molar refractivity (Wildman–Crippen MR) is 81.3 cm³/mol. The van der Waals surface area contributed by atoms with Crippen LogP contribution in [-0.2, 0) is 6.42 Å². The fraction of sp³-hybridized carbons (Fsp3) is 0.200. The van der Waals surface area contributed by atoms with Gasteiger partial charge in [-0.05, 0) is 35.9 Å². The molecule has 2 nitrogen and oxygen atoms in total. The molecule has 0 N–H and O–H groups in total. The number of ether oxygens (including phenoxy) is 2. The van der Waals surface area contributed by atoms with E-state index >= 15 is 0 Å². The van der Waals surface area contributed by atoms with Crippen molar-refractivity contribution in [3.05, 3.63) is 57.5 Å². The van der Waals surface area contributed by atoms with E-state index in [1.165, 1.54) is 5.56 Å². The summed E-state index contributed by atoms with van der Waals surface area (Å²) in [6.07, 6.45) is 0.826. The molecule has 0 aromatic heterocycles. The Hall–Kier alpha value is -1.19. The molecular formula is C15H14BrClO2. The highest BCUT2D eigenvalue weighted by Gasteiger charge is 2.02. The molecule has 0 fully saturated rings. The molecule has 0 bridgehead atoms. The molecule has 4 heteroatoms. The molecule has 2 aromatic rings. The van der Waals surface area contributed by atoms with Crippen molar-refractivity contribution in [3.8, 4) is 11.5 Å². The first-order chi connectivity index (χ1) is 9.19. The molecule has 100 valence electrons. The van der Waals surface area contributed by atoms with Crippen molar-refractivity contribution in [2.24, 2.45) is 0 Å². The van der Waals surface area contributed by atoms with Crippen molar-refractivity contribution in [2.45, 2.75) is 6.42 Å². The van der Waals surface area contributed by atoms with Gasteiger partial charge in [-0.15, -0.1) is 0 Å². The van der Waals surface area contributed by atoms with Gasteiger partial charge in [0.15, 0.2) is 0 Å². The highest BCUT2D eigenvalue weighted by Crippen LogP contribution is 2.28. The summed E-state index contributed by atoms with van der Waals surface area (Å²) >= 11 is 9.45. The minimum atomic E-state index is 0.586. The molecule has 0 aliphatic carbocycles. The van der Waals surface area contributed by atoms with Crippen LogP contribution in [0.2, 0.25) is 5.02 Å². The van der Waals surface area contributed by atoms with Crippen LogP contribution in [0.25, 0.3) is 0 Å². The van der Waals surface area contributed by atoms with Gasteiger partial charge in [-0.2, -0.15) is 0 Å². The molecule has 0 heterocycles. The molecule has 0 unspecified atom stereocenters. The number of hydrogen-bond donors (Lipinski definition) is 0. The maximum atomic E-state index is 6.06. The van der Waals surface area contributed by atoms with Crippen LogP contribution in [0.3, 0.4) is 0 Å². The van der Waals surface area contributed by atoms with Crippen molar-refractivity contribution >= 4 is 27.5 Å². The average Bonchev–Trinajstić information content (AvgIpc) is 2.43. The summed E-state index contributed by atoms with van der Waals surface area (Å²) in [5.74, 6) is 1.56. The molecule has 0 aliphatic heterocycles. The Labute approximate surface area is 126 Å². The molecule has 2 rings (SSSR count). The number of rotatable bonds is 5. The van der Waals surface area contributed by atoms with Crippen LogP contribution in [0.1, 0.15) is 5.56 Å². The molecule has 19 heavy (non-hydrogen) atoms. The van der Waals surface area contributed by atoms with E-state index in [-0.39, 0.29) is 0 Å². The van der Waals surface area contributed by atoms with Crippen molar-refractivity contribution in [2.75, 3.05) is 13.7 Å². The van der Waals surface area contributed by atoms with E-state index in [1.54, 1.807) is 7.11 Å². The topological polar surface area (TPSA) is 18.5 Å². The molecule has 2 aromatic carbocycles. The quantitative estimate of drug-likeness (QED) is 0.782. The van der Waals surface area contributed by atoms with Crippen LogP contribution in [0, 0.1) is 0 Å². The Kier molecular flexibility index (Phi) is 5.11. The number of halogens is 2. The molecule has 0 saturated heterocycles. The summed E-state index contributed by atoms with van der Waals surface area (Å²) < 4.78 is 11.8. The molecule has 0 amide bonds. The zero-order chi connectivity index (χ0) is 13.7. The van der Waals surface area contributed by atoms with Crippen LogP contribution in [0.5, 0.6) is 11.5 Å². The highest BCUT2D eigenvalue weighted by molar-refractivity contribution is 9.10. The van der Waals surface area contributed by atoms with Gasteiger partial charge in [-0.1, -0.05) is 39.7 Å². The second kappa shape index (κ2) is 6.83. The lowest BCUT2D eigenvalue weighted by molar-refractivity contribution is 0.322. The molecule has 0 atom stereocenters. The van der Waals surface area contributed by atoms with E-state index in [0.717, 1.165) is 16.6 Å². The minimum absolute atomic E-state index is 0.586. The van der Waals surface area contributed by atoms with Crippen LogP contribution in [0.4, 0.5) is 0 Å². The van der Waals surface area contributed by atoms with Crippen molar-refractivity contribution in [3.63, 3.8) is 0 Å². The first-order valence-electron chi connectivity index (χ1n) is 5.90. The lowest BCUT2D eigenvalue weighted by Gasteiger charge is -2.09. The summed E-state index contributed by atoms with van der Waals surface area (Å²) in [6.45, 7) is 0.586. The number of benzene rings is 2. The molecular weight excluding hydrogens is 328 g/mol. The van der Waals surface area contributed by atoms with Crippen molar-refractivity contribution < 1.29 is 9.47 Å². The fourth-order valence-corrected chi connectivity index (χ4v) is 2.17. The van der Waals surface area contributed by atoms with Gasteiger partial charge in [0, 0.05) is 10.9 Å². The third-order valence-electron chi connectivity index (χ3n) is 2.70. The van der Waals surface area contributed by atoms with Gasteiger partial charge in [-0.25, -0.2) is 0 Å². The summed E-state index contributed by atoms with van der Waals surface area (Å²) in [4.78, 5) is 0. The van der Waals surface area contributed by atoms with Gasteiger partial charge in [-0.3, -0.25) is 0 Å². The Balaban J connectivity index is 1.90. The zero-order valence-electron chi connectivity index (χ0n) is 10.5. The molecule has 0 aliphatic rings. The highest BCUT2D eigenvalue weighted by atomic mass is 79.9. The normalized spacial score (nSPS) is 10.3. The lowest BCUT2D eigenvalue weighted by atomic mass is 10.1. The number of methoxy groups -OCH3 is 1. The van der Waals surface area contributed by atoms with Gasteiger partial charge in [0.25, 0.3) is 0 Å². The smallest absolute Gasteiger partial charge is 0.139 e. The maximum Gasteiger partial charge on any atom is 0.139 e. The first kappa shape index (κ1) is 14.2. The summed E-state index contributed by atoms with van der Waals surface area (Å²) in [5, 5.41) is 0.623. The Morgan fingerprint density at radius 2 is 1.84 bits per heavy atom. The van der Waals surface area contributed by atoms with E-state index in [9.17, 15) is 0 Å². The zero-order valence-corrected chi connectivity index (χ0v) is 12.9. The Morgan fingerprint density at radius 3 is 2.53 bits per heavy atom. The fourth-order valence-electron chi connectivity index (χ4n) is 1.66. The second-order valence-corrected chi connectivity index (χ2v) is 5.34. The summed E-state index contributed by atoms with van der Waals surface area (Å²) in [6, 6.07) is 13.5. The van der Waals surface area contributed by atoms with Crippen molar-refractivity contribution in [1.82, 2.24) is 0 Å². The number of hydrogen-bond acceptors (Lipinski definition) is 2. The first-order valence-corrected chi connectivity index (χ1v) is 7.07. The minimum Gasteiger partial charge on any atom is -0.497 e. The van der Waals surface area contributed by atoms with Crippen LogP contribution >= 0.6 is 27.5 Å². The van der Waals surface area contributed by atoms with E-state index in [1.807, 2.05) is 42.5 Å². The van der Waals surface area contributed by atoms with Gasteiger partial charge >= 0.3 is 0 Å². The van der Waals surface area contributed by atoms with Crippen LogP contribution in [0.15, 0.2) is 46.9 Å². The van der Waals surface area contributed by atoms with Crippen LogP contribution < -0.4 is 9.47 Å². The summed E-state index contributed by atoms with van der Waals surface area (Å²) in [5.41, 5.74) is 1.20. The molecule has 0 radical (unpaired) electrons. The predicted octanol–water partition coefficient (Wildman–Crippen LogP) is 4.73. The molecule has 0 saturated carbocycles. The van der Waals surface area contributed by atoms with Gasteiger partial charge in [0.2, 0.25) is 0 Å². The van der Waals surface area contributed by atoms with Gasteiger partial charge in [0.05, 0.1) is 18.7 Å². The average molecular weight is 342 g/mol. The summed E-state index contributed by atoms with van der Waals surface area (Å²) in [7, 11) is 1.66.